The number of halogens is 2. The molecule has 0 saturated heterocycles. The van der Waals surface area contributed by atoms with Gasteiger partial charge in [0.2, 0.25) is 0 Å². The van der Waals surface area contributed by atoms with Gasteiger partial charge in [0.25, 0.3) is 0 Å². The van der Waals surface area contributed by atoms with E-state index in [4.69, 9.17) is 17.3 Å². The molecule has 0 aromatic heterocycles. The van der Waals surface area contributed by atoms with E-state index in [1.807, 2.05) is 42.3 Å². The molecular weight excluding hydrogens is 263 g/mol. The molecule has 0 radical (unpaired) electrons. The van der Waals surface area contributed by atoms with Gasteiger partial charge in [-0.3, -0.25) is 0 Å². The summed E-state index contributed by atoms with van der Waals surface area (Å²) in [6, 6.07) is 12.7. The van der Waals surface area contributed by atoms with Gasteiger partial charge in [0.1, 0.15) is 5.82 Å². The normalized spacial score (nSPS) is 10.5. The summed E-state index contributed by atoms with van der Waals surface area (Å²) in [6.45, 7) is 0.881. The van der Waals surface area contributed by atoms with E-state index < -0.39 is 0 Å². The van der Waals surface area contributed by atoms with Crippen molar-refractivity contribution in [3.05, 3.63) is 64.4 Å². The van der Waals surface area contributed by atoms with E-state index >= 15 is 0 Å². The second-order valence-corrected chi connectivity index (χ2v) is 4.90. The number of nitrogens with zero attached hydrogens (tertiary/aromatic N) is 1. The molecule has 0 amide bonds. The maximum atomic E-state index is 13.7. The molecule has 100 valence electrons. The molecule has 0 aliphatic rings. The topological polar surface area (TPSA) is 29.3 Å². The van der Waals surface area contributed by atoms with E-state index in [1.165, 1.54) is 6.07 Å². The molecule has 0 bridgehead atoms. The zero-order valence-electron chi connectivity index (χ0n) is 10.7. The van der Waals surface area contributed by atoms with Crippen molar-refractivity contribution >= 4 is 17.3 Å². The van der Waals surface area contributed by atoms with Crippen LogP contribution in [0.2, 0.25) is 5.02 Å². The Kier molecular flexibility index (Phi) is 4.40. The van der Waals surface area contributed by atoms with Gasteiger partial charge in [-0.2, -0.15) is 0 Å². The van der Waals surface area contributed by atoms with Gasteiger partial charge in [-0.25, -0.2) is 4.39 Å². The quantitative estimate of drug-likeness (QED) is 0.926. The lowest BCUT2D eigenvalue weighted by molar-refractivity contribution is 0.610. The minimum absolute atomic E-state index is 0.212. The van der Waals surface area contributed by atoms with Gasteiger partial charge >= 0.3 is 0 Å². The Balaban J connectivity index is 2.15. The first-order valence-corrected chi connectivity index (χ1v) is 6.42. The lowest BCUT2D eigenvalue weighted by atomic mass is 10.1. The smallest absolute Gasteiger partial charge is 0.129 e. The molecule has 0 aliphatic carbocycles. The highest BCUT2D eigenvalue weighted by Gasteiger charge is 2.06. The Labute approximate surface area is 117 Å². The average Bonchev–Trinajstić information content (AvgIpc) is 2.38. The highest BCUT2D eigenvalue weighted by Crippen LogP contribution is 2.20. The second-order valence-electron chi connectivity index (χ2n) is 4.47. The molecule has 0 spiro atoms. The summed E-state index contributed by atoms with van der Waals surface area (Å²) in [7, 11) is 1.91. The van der Waals surface area contributed by atoms with Gasteiger partial charge in [-0.05, 0) is 29.8 Å². The number of anilines is 1. The van der Waals surface area contributed by atoms with Crippen molar-refractivity contribution in [1.82, 2.24) is 0 Å². The van der Waals surface area contributed by atoms with E-state index in [-0.39, 0.29) is 12.4 Å². The van der Waals surface area contributed by atoms with Crippen molar-refractivity contribution in [2.45, 2.75) is 13.1 Å². The summed E-state index contributed by atoms with van der Waals surface area (Å²) in [5.41, 5.74) is 7.87. The van der Waals surface area contributed by atoms with Crippen molar-refractivity contribution in [3.63, 3.8) is 0 Å². The fraction of sp³-hybridized carbons (Fsp3) is 0.200. The van der Waals surface area contributed by atoms with E-state index in [0.29, 0.717) is 17.1 Å². The molecule has 0 heterocycles. The third-order valence-corrected chi connectivity index (χ3v) is 3.24. The summed E-state index contributed by atoms with van der Waals surface area (Å²) < 4.78 is 13.7. The predicted molar refractivity (Wildman–Crippen MR) is 77.9 cm³/mol. The second kappa shape index (κ2) is 6.04. The van der Waals surface area contributed by atoms with Crippen LogP contribution in [0.5, 0.6) is 0 Å². The third kappa shape index (κ3) is 3.46. The summed E-state index contributed by atoms with van der Waals surface area (Å²) >= 11 is 5.95. The van der Waals surface area contributed by atoms with Crippen molar-refractivity contribution in [3.8, 4) is 0 Å². The van der Waals surface area contributed by atoms with Crippen LogP contribution in [-0.4, -0.2) is 7.05 Å². The summed E-state index contributed by atoms with van der Waals surface area (Å²) in [4.78, 5) is 1.97. The van der Waals surface area contributed by atoms with Crippen LogP contribution in [0.25, 0.3) is 0 Å². The number of rotatable bonds is 4. The van der Waals surface area contributed by atoms with Crippen molar-refractivity contribution in [2.75, 3.05) is 11.9 Å². The highest BCUT2D eigenvalue weighted by atomic mass is 35.5. The van der Waals surface area contributed by atoms with Gasteiger partial charge in [0.15, 0.2) is 0 Å². The molecule has 2 aromatic carbocycles. The van der Waals surface area contributed by atoms with Crippen molar-refractivity contribution < 1.29 is 4.39 Å². The first-order chi connectivity index (χ1) is 9.10. The highest BCUT2D eigenvalue weighted by molar-refractivity contribution is 6.30. The van der Waals surface area contributed by atoms with Crippen LogP contribution in [0, 0.1) is 5.82 Å². The molecule has 2 aromatic rings. The largest absolute Gasteiger partial charge is 0.370 e. The van der Waals surface area contributed by atoms with Gasteiger partial charge in [-0.15, -0.1) is 0 Å². The molecule has 0 atom stereocenters. The van der Waals surface area contributed by atoms with Crippen molar-refractivity contribution in [1.29, 1.82) is 0 Å². The molecule has 2 N–H and O–H groups in total. The molecule has 4 heteroatoms. The Morgan fingerprint density at radius 1 is 1.21 bits per heavy atom. The Bertz CT molecular complexity index is 572. The van der Waals surface area contributed by atoms with Crippen molar-refractivity contribution in [2.24, 2.45) is 5.73 Å². The number of hydrogen-bond acceptors (Lipinski definition) is 2. The summed E-state index contributed by atoms with van der Waals surface area (Å²) in [6.07, 6.45) is 0. The summed E-state index contributed by atoms with van der Waals surface area (Å²) in [5, 5.41) is 0.704. The maximum Gasteiger partial charge on any atom is 0.129 e. The standard InChI is InChI=1S/C15H16ClFN2/c1-19(10-11-3-2-4-13(16)7-11)14-6-5-12(9-18)15(17)8-14/h2-8H,9-10,18H2,1H3. The molecule has 0 saturated carbocycles. The summed E-state index contributed by atoms with van der Waals surface area (Å²) in [5.74, 6) is -0.266. The molecule has 0 aliphatic heterocycles. The van der Waals surface area contributed by atoms with E-state index in [9.17, 15) is 4.39 Å². The number of nitrogens with two attached hydrogens (primary N) is 1. The van der Waals surface area contributed by atoms with Crippen LogP contribution in [0.1, 0.15) is 11.1 Å². The molecule has 2 nitrogen and oxygen atoms in total. The number of benzene rings is 2. The van der Waals surface area contributed by atoms with Gasteiger partial charge in [0, 0.05) is 36.4 Å². The lowest BCUT2D eigenvalue weighted by Gasteiger charge is -2.20. The van der Waals surface area contributed by atoms with Crippen LogP contribution >= 0.6 is 11.6 Å². The van der Waals surface area contributed by atoms with Crippen LogP contribution in [0.4, 0.5) is 10.1 Å². The van der Waals surface area contributed by atoms with Crippen LogP contribution in [-0.2, 0) is 13.1 Å². The minimum atomic E-state index is -0.266. The monoisotopic (exact) mass is 278 g/mol. The van der Waals surface area contributed by atoms with Crippen LogP contribution < -0.4 is 10.6 Å². The zero-order chi connectivity index (χ0) is 13.8. The van der Waals surface area contributed by atoms with Crippen LogP contribution in [0.3, 0.4) is 0 Å². The van der Waals surface area contributed by atoms with E-state index in [1.54, 1.807) is 6.07 Å². The molecule has 0 unspecified atom stereocenters. The average molecular weight is 279 g/mol. The molecule has 0 fully saturated rings. The van der Waals surface area contributed by atoms with E-state index in [2.05, 4.69) is 0 Å². The minimum Gasteiger partial charge on any atom is -0.370 e. The Hall–Kier alpha value is -1.58. The molecule has 19 heavy (non-hydrogen) atoms. The SMILES string of the molecule is CN(Cc1cccc(Cl)c1)c1ccc(CN)c(F)c1. The molecular formula is C15H16ClFN2. The first-order valence-electron chi connectivity index (χ1n) is 6.04. The zero-order valence-corrected chi connectivity index (χ0v) is 11.5. The maximum absolute atomic E-state index is 13.7. The van der Waals surface area contributed by atoms with Gasteiger partial charge in [-0.1, -0.05) is 29.8 Å². The number of hydrogen-bond donors (Lipinski definition) is 1. The third-order valence-electron chi connectivity index (χ3n) is 3.01. The van der Waals surface area contributed by atoms with Gasteiger partial charge < -0.3 is 10.6 Å². The van der Waals surface area contributed by atoms with Crippen LogP contribution in [0.15, 0.2) is 42.5 Å². The fourth-order valence-corrected chi connectivity index (χ4v) is 2.15. The first kappa shape index (κ1) is 13.8. The van der Waals surface area contributed by atoms with Gasteiger partial charge in [0.05, 0.1) is 0 Å². The Morgan fingerprint density at radius 3 is 2.63 bits per heavy atom. The Morgan fingerprint density at radius 2 is 2.00 bits per heavy atom. The predicted octanol–water partition coefficient (Wildman–Crippen LogP) is 3.57. The fourth-order valence-electron chi connectivity index (χ4n) is 1.94. The lowest BCUT2D eigenvalue weighted by Crippen LogP contribution is -2.16. The van der Waals surface area contributed by atoms with E-state index in [0.717, 1.165) is 11.3 Å². The molecule has 2 rings (SSSR count).